The summed E-state index contributed by atoms with van der Waals surface area (Å²) >= 11 is 12.6. The summed E-state index contributed by atoms with van der Waals surface area (Å²) in [4.78, 5) is 26.1. The minimum atomic E-state index is -0.437. The molecule has 33 heavy (non-hydrogen) atoms. The molecule has 0 aliphatic heterocycles. The Morgan fingerprint density at radius 1 is 0.970 bits per heavy atom. The Morgan fingerprint density at radius 3 is 2.39 bits per heavy atom. The minimum Gasteiger partial charge on any atom is -0.494 e. The summed E-state index contributed by atoms with van der Waals surface area (Å²) in [6.45, 7) is 3.87. The van der Waals surface area contributed by atoms with Crippen LogP contribution in [0.2, 0.25) is 10.0 Å². The van der Waals surface area contributed by atoms with Gasteiger partial charge in [0.2, 0.25) is 11.2 Å². The van der Waals surface area contributed by atoms with Crippen LogP contribution < -0.4 is 14.9 Å². The van der Waals surface area contributed by atoms with Crippen LogP contribution in [0.4, 0.5) is 0 Å². The number of halogens is 2. The summed E-state index contributed by atoms with van der Waals surface area (Å²) in [5.41, 5.74) is 1.59. The average molecular weight is 483 g/mol. The lowest BCUT2D eigenvalue weighted by molar-refractivity contribution is 0.0920. The van der Waals surface area contributed by atoms with E-state index in [-0.39, 0.29) is 29.3 Å². The van der Waals surface area contributed by atoms with E-state index in [2.05, 4.69) is 0 Å². The molecule has 5 nitrogen and oxygen atoms in total. The summed E-state index contributed by atoms with van der Waals surface area (Å²) in [7, 11) is 0. The molecular weight excluding hydrogens is 463 g/mol. The minimum absolute atomic E-state index is 0.102. The van der Waals surface area contributed by atoms with Crippen LogP contribution in [0.1, 0.15) is 22.8 Å². The molecule has 0 N–H and O–H groups in total. The van der Waals surface area contributed by atoms with Crippen LogP contribution in [0, 0.1) is 6.92 Å². The van der Waals surface area contributed by atoms with Crippen molar-refractivity contribution in [3.8, 4) is 22.8 Å². The van der Waals surface area contributed by atoms with Gasteiger partial charge in [-0.1, -0.05) is 35.3 Å². The zero-order valence-electron chi connectivity index (χ0n) is 18.0. The second kappa shape index (κ2) is 9.69. The van der Waals surface area contributed by atoms with E-state index in [1.807, 2.05) is 13.8 Å². The summed E-state index contributed by atoms with van der Waals surface area (Å²) in [6.07, 6.45) is 0. The third-order valence-corrected chi connectivity index (χ3v) is 5.82. The van der Waals surface area contributed by atoms with Gasteiger partial charge in [0, 0.05) is 16.1 Å². The third-order valence-electron chi connectivity index (χ3n) is 5.08. The molecule has 0 unspecified atom stereocenters. The molecule has 0 amide bonds. The van der Waals surface area contributed by atoms with E-state index in [4.69, 9.17) is 37.1 Å². The van der Waals surface area contributed by atoms with Gasteiger partial charge in [-0.3, -0.25) is 9.59 Å². The molecule has 0 aliphatic rings. The molecular formula is C26H20Cl2O5. The Kier molecular flexibility index (Phi) is 6.72. The van der Waals surface area contributed by atoms with Gasteiger partial charge in [-0.15, -0.1) is 0 Å². The molecule has 4 aromatic rings. The van der Waals surface area contributed by atoms with E-state index in [0.717, 1.165) is 5.56 Å². The molecule has 1 aromatic heterocycles. The zero-order valence-corrected chi connectivity index (χ0v) is 19.5. The van der Waals surface area contributed by atoms with Crippen molar-refractivity contribution in [3.63, 3.8) is 0 Å². The number of rotatable bonds is 7. The van der Waals surface area contributed by atoms with Gasteiger partial charge in [0.25, 0.3) is 0 Å². The highest BCUT2D eigenvalue weighted by Gasteiger charge is 2.21. The number of carbonyl (C=O) groups excluding carboxylic acids is 1. The van der Waals surface area contributed by atoms with Crippen molar-refractivity contribution in [2.75, 3.05) is 13.2 Å². The molecule has 0 spiro atoms. The van der Waals surface area contributed by atoms with E-state index in [1.165, 1.54) is 6.07 Å². The molecule has 0 aliphatic carbocycles. The molecule has 1 heterocycles. The van der Waals surface area contributed by atoms with E-state index in [0.29, 0.717) is 39.1 Å². The number of hydrogen-bond acceptors (Lipinski definition) is 5. The molecule has 0 saturated carbocycles. The summed E-state index contributed by atoms with van der Waals surface area (Å²) < 4.78 is 17.2. The maximum atomic E-state index is 13.3. The van der Waals surface area contributed by atoms with Crippen molar-refractivity contribution in [2.24, 2.45) is 0 Å². The molecule has 7 heteroatoms. The first kappa shape index (κ1) is 22.9. The largest absolute Gasteiger partial charge is 0.494 e. The lowest BCUT2D eigenvalue weighted by Crippen LogP contribution is -2.17. The smallest absolute Gasteiger partial charge is 0.235 e. The fourth-order valence-electron chi connectivity index (χ4n) is 3.38. The number of aryl methyl sites for hydroxylation is 1. The van der Waals surface area contributed by atoms with Gasteiger partial charge >= 0.3 is 0 Å². The van der Waals surface area contributed by atoms with Crippen molar-refractivity contribution >= 4 is 40.0 Å². The van der Waals surface area contributed by atoms with Crippen molar-refractivity contribution in [3.05, 3.63) is 92.1 Å². The van der Waals surface area contributed by atoms with Crippen LogP contribution in [0.3, 0.4) is 0 Å². The van der Waals surface area contributed by atoms with Crippen LogP contribution >= 0.6 is 23.2 Å². The fraction of sp³-hybridized carbons (Fsp3) is 0.154. The number of carbonyl (C=O) groups is 1. The van der Waals surface area contributed by atoms with Gasteiger partial charge in [0.1, 0.15) is 11.3 Å². The molecule has 0 radical (unpaired) electrons. The van der Waals surface area contributed by atoms with Gasteiger partial charge in [0.05, 0.1) is 17.0 Å². The number of hydrogen-bond donors (Lipinski definition) is 0. The van der Waals surface area contributed by atoms with Gasteiger partial charge in [-0.05, 0) is 67.9 Å². The maximum absolute atomic E-state index is 13.3. The third kappa shape index (κ3) is 4.75. The van der Waals surface area contributed by atoms with Crippen LogP contribution in [-0.2, 0) is 0 Å². The number of benzene rings is 3. The summed E-state index contributed by atoms with van der Waals surface area (Å²) in [5, 5.41) is 1.06. The summed E-state index contributed by atoms with van der Waals surface area (Å²) in [5.74, 6) is 0.414. The van der Waals surface area contributed by atoms with Crippen molar-refractivity contribution in [1.29, 1.82) is 0 Å². The number of ketones is 1. The topological polar surface area (TPSA) is 65.7 Å². The quantitative estimate of drug-likeness (QED) is 0.273. The van der Waals surface area contributed by atoms with Gasteiger partial charge in [0.15, 0.2) is 18.2 Å². The normalized spacial score (nSPS) is 10.9. The second-order valence-electron chi connectivity index (χ2n) is 7.34. The number of fused-ring (bicyclic) bond motifs is 1. The lowest BCUT2D eigenvalue weighted by atomic mass is 10.1. The van der Waals surface area contributed by atoms with Crippen LogP contribution in [0.5, 0.6) is 11.5 Å². The Bertz CT molecular complexity index is 1390. The average Bonchev–Trinajstić information content (AvgIpc) is 2.81. The van der Waals surface area contributed by atoms with E-state index >= 15 is 0 Å². The van der Waals surface area contributed by atoms with Crippen molar-refractivity contribution in [2.45, 2.75) is 13.8 Å². The highest BCUT2D eigenvalue weighted by molar-refractivity contribution is 6.33. The molecule has 168 valence electrons. The fourth-order valence-corrected chi connectivity index (χ4v) is 3.76. The van der Waals surface area contributed by atoms with Crippen LogP contribution in [0.15, 0.2) is 69.9 Å². The molecule has 0 saturated heterocycles. The van der Waals surface area contributed by atoms with Gasteiger partial charge < -0.3 is 13.9 Å². The van der Waals surface area contributed by atoms with E-state index < -0.39 is 5.43 Å². The number of Topliss-reactive ketones (excluding diaryl/α,β-unsaturated/α-hetero) is 1. The summed E-state index contributed by atoms with van der Waals surface area (Å²) in [6, 6.07) is 16.9. The van der Waals surface area contributed by atoms with E-state index in [1.54, 1.807) is 54.6 Å². The first-order chi connectivity index (χ1) is 15.9. The Morgan fingerprint density at radius 2 is 1.70 bits per heavy atom. The second-order valence-corrected chi connectivity index (χ2v) is 8.15. The maximum Gasteiger partial charge on any atom is 0.235 e. The molecule has 0 bridgehead atoms. The highest BCUT2D eigenvalue weighted by atomic mass is 35.5. The SMILES string of the molecule is CCOc1ccc(C(=O)COc2c(-c3ccccc3Cl)oc3cc(C)c(Cl)cc3c2=O)cc1. The monoisotopic (exact) mass is 482 g/mol. The number of ether oxygens (including phenoxy) is 2. The predicted octanol–water partition coefficient (Wildman–Crippen LogP) is 6.74. The van der Waals surface area contributed by atoms with Crippen molar-refractivity contribution in [1.82, 2.24) is 0 Å². The molecule has 3 aromatic carbocycles. The van der Waals surface area contributed by atoms with Crippen LogP contribution in [-0.4, -0.2) is 19.0 Å². The molecule has 0 fully saturated rings. The first-order valence-corrected chi connectivity index (χ1v) is 11.1. The Labute approximate surface area is 200 Å². The molecule has 0 atom stereocenters. The standard InChI is InChI=1S/C26H20Cl2O5/c1-3-31-17-10-8-16(9-11-17)22(29)14-32-26-24(30)19-13-21(28)15(2)12-23(19)33-25(26)18-6-4-5-7-20(18)27/h4-13H,3,14H2,1-2H3. The first-order valence-electron chi connectivity index (χ1n) is 10.3. The Balaban J connectivity index is 1.75. The van der Waals surface area contributed by atoms with Gasteiger partial charge in [-0.25, -0.2) is 0 Å². The predicted molar refractivity (Wildman–Crippen MR) is 130 cm³/mol. The Hall–Kier alpha value is -3.28. The van der Waals surface area contributed by atoms with Crippen molar-refractivity contribution < 1.29 is 18.7 Å². The molecule has 4 rings (SSSR count). The highest BCUT2D eigenvalue weighted by Crippen LogP contribution is 2.36. The lowest BCUT2D eigenvalue weighted by Gasteiger charge is -2.13. The van der Waals surface area contributed by atoms with Crippen LogP contribution in [0.25, 0.3) is 22.3 Å². The zero-order chi connectivity index (χ0) is 23.5. The van der Waals surface area contributed by atoms with E-state index in [9.17, 15) is 9.59 Å². The van der Waals surface area contributed by atoms with Gasteiger partial charge in [-0.2, -0.15) is 0 Å².